The highest BCUT2D eigenvalue weighted by molar-refractivity contribution is 5.07. The first-order valence-electron chi connectivity index (χ1n) is 6.33. The molecular formula is C13H20N2O. The van der Waals surface area contributed by atoms with Crippen molar-refractivity contribution in [2.75, 3.05) is 0 Å². The van der Waals surface area contributed by atoms with Crippen molar-refractivity contribution in [2.24, 2.45) is 5.92 Å². The molecular weight excluding hydrogens is 200 g/mol. The van der Waals surface area contributed by atoms with E-state index in [0.29, 0.717) is 5.92 Å². The van der Waals surface area contributed by atoms with Gasteiger partial charge in [-0.25, -0.2) is 4.98 Å². The highest BCUT2D eigenvalue weighted by atomic mass is 16.1. The highest BCUT2D eigenvalue weighted by Gasteiger charge is 2.26. The number of aromatic nitrogens is 2. The van der Waals surface area contributed by atoms with Gasteiger partial charge < -0.3 is 4.98 Å². The third-order valence-electron chi connectivity index (χ3n) is 3.68. The average molecular weight is 220 g/mol. The number of hydrogen-bond donors (Lipinski definition) is 1. The maximum absolute atomic E-state index is 11.5. The molecule has 2 rings (SSSR count). The van der Waals surface area contributed by atoms with Gasteiger partial charge in [0.1, 0.15) is 5.82 Å². The minimum atomic E-state index is 0.00167. The molecule has 3 nitrogen and oxygen atoms in total. The Morgan fingerprint density at radius 3 is 2.88 bits per heavy atom. The zero-order valence-electron chi connectivity index (χ0n) is 10.1. The maximum atomic E-state index is 11.5. The van der Waals surface area contributed by atoms with Gasteiger partial charge in [-0.05, 0) is 31.6 Å². The average Bonchev–Trinajstić information content (AvgIpc) is 2.76. The van der Waals surface area contributed by atoms with Gasteiger partial charge >= 0.3 is 0 Å². The Balaban J connectivity index is 2.21. The molecule has 1 aliphatic rings. The van der Waals surface area contributed by atoms with E-state index in [0.717, 1.165) is 23.9 Å². The molecule has 0 amide bonds. The molecule has 1 heterocycles. The molecule has 0 bridgehead atoms. The largest absolute Gasteiger partial charge is 0.310 e. The first kappa shape index (κ1) is 11.4. The fourth-order valence-electron chi connectivity index (χ4n) is 2.60. The SMILES string of the molecule is CCc1cc(=O)[nH]c(C2CCC(CC)C2)n1. The van der Waals surface area contributed by atoms with Crippen molar-refractivity contribution < 1.29 is 0 Å². The van der Waals surface area contributed by atoms with Crippen LogP contribution in [0.4, 0.5) is 0 Å². The van der Waals surface area contributed by atoms with Gasteiger partial charge in [-0.3, -0.25) is 4.79 Å². The summed E-state index contributed by atoms with van der Waals surface area (Å²) in [6.45, 7) is 4.28. The van der Waals surface area contributed by atoms with Gasteiger partial charge in [0.2, 0.25) is 0 Å². The second kappa shape index (κ2) is 4.81. The molecule has 0 saturated heterocycles. The molecule has 0 aliphatic heterocycles. The zero-order valence-corrected chi connectivity index (χ0v) is 10.1. The molecule has 1 aliphatic carbocycles. The lowest BCUT2D eigenvalue weighted by Crippen LogP contribution is -2.14. The molecule has 1 N–H and O–H groups in total. The van der Waals surface area contributed by atoms with Crippen molar-refractivity contribution in [3.8, 4) is 0 Å². The molecule has 3 heteroatoms. The quantitative estimate of drug-likeness (QED) is 0.851. The van der Waals surface area contributed by atoms with Crippen LogP contribution in [0.15, 0.2) is 10.9 Å². The second-order valence-electron chi connectivity index (χ2n) is 4.76. The summed E-state index contributed by atoms with van der Waals surface area (Å²) >= 11 is 0. The van der Waals surface area contributed by atoms with E-state index in [9.17, 15) is 4.79 Å². The zero-order chi connectivity index (χ0) is 11.5. The molecule has 1 fully saturated rings. The monoisotopic (exact) mass is 220 g/mol. The van der Waals surface area contributed by atoms with Crippen molar-refractivity contribution in [2.45, 2.75) is 51.9 Å². The van der Waals surface area contributed by atoms with E-state index >= 15 is 0 Å². The summed E-state index contributed by atoms with van der Waals surface area (Å²) < 4.78 is 0. The predicted molar refractivity (Wildman–Crippen MR) is 64.6 cm³/mol. The van der Waals surface area contributed by atoms with E-state index in [1.165, 1.54) is 25.7 Å². The molecule has 1 aromatic rings. The van der Waals surface area contributed by atoms with Crippen LogP contribution in [0, 0.1) is 5.92 Å². The van der Waals surface area contributed by atoms with Crippen molar-refractivity contribution in [1.29, 1.82) is 0 Å². The Kier molecular flexibility index (Phi) is 3.42. The number of nitrogens with one attached hydrogen (secondary N) is 1. The summed E-state index contributed by atoms with van der Waals surface area (Å²) in [5.74, 6) is 2.21. The Labute approximate surface area is 96.3 Å². The van der Waals surface area contributed by atoms with Crippen molar-refractivity contribution in [1.82, 2.24) is 9.97 Å². The summed E-state index contributed by atoms with van der Waals surface area (Å²) in [4.78, 5) is 18.9. The van der Waals surface area contributed by atoms with E-state index in [4.69, 9.17) is 0 Å². The molecule has 1 saturated carbocycles. The molecule has 88 valence electrons. The van der Waals surface area contributed by atoms with Crippen LogP contribution < -0.4 is 5.56 Å². The van der Waals surface area contributed by atoms with Crippen LogP contribution in [0.3, 0.4) is 0 Å². The van der Waals surface area contributed by atoms with Crippen LogP contribution in [0.1, 0.15) is 57.0 Å². The number of aryl methyl sites for hydroxylation is 1. The van der Waals surface area contributed by atoms with Crippen molar-refractivity contribution >= 4 is 0 Å². The van der Waals surface area contributed by atoms with Crippen LogP contribution in [0.5, 0.6) is 0 Å². The number of hydrogen-bond acceptors (Lipinski definition) is 2. The number of nitrogens with zero attached hydrogens (tertiary/aromatic N) is 1. The van der Waals surface area contributed by atoms with E-state index in [2.05, 4.69) is 16.9 Å². The highest BCUT2D eigenvalue weighted by Crippen LogP contribution is 2.37. The first-order valence-corrected chi connectivity index (χ1v) is 6.33. The number of rotatable bonds is 3. The fraction of sp³-hybridized carbons (Fsp3) is 0.692. The van der Waals surface area contributed by atoms with Crippen LogP contribution in [0.25, 0.3) is 0 Å². The molecule has 2 atom stereocenters. The van der Waals surface area contributed by atoms with Gasteiger partial charge in [0, 0.05) is 17.7 Å². The molecule has 0 spiro atoms. The lowest BCUT2D eigenvalue weighted by atomic mass is 10.0. The van der Waals surface area contributed by atoms with E-state index < -0.39 is 0 Å². The molecule has 1 aromatic heterocycles. The number of H-pyrrole nitrogens is 1. The van der Waals surface area contributed by atoms with Gasteiger partial charge in [-0.2, -0.15) is 0 Å². The summed E-state index contributed by atoms with van der Waals surface area (Å²) in [6.07, 6.45) is 5.72. The van der Waals surface area contributed by atoms with Crippen molar-refractivity contribution in [3.05, 3.63) is 27.9 Å². The summed E-state index contributed by atoms with van der Waals surface area (Å²) in [7, 11) is 0. The standard InChI is InChI=1S/C13H20N2O/c1-3-9-5-6-10(7-9)13-14-11(4-2)8-12(16)15-13/h8-10H,3-7H2,1-2H3,(H,14,15,16). The van der Waals surface area contributed by atoms with Gasteiger partial charge in [-0.15, -0.1) is 0 Å². The van der Waals surface area contributed by atoms with Crippen LogP contribution in [-0.2, 0) is 6.42 Å². The van der Waals surface area contributed by atoms with Gasteiger partial charge in [0.15, 0.2) is 0 Å². The lowest BCUT2D eigenvalue weighted by Gasteiger charge is -2.10. The Morgan fingerprint density at radius 1 is 1.44 bits per heavy atom. The molecule has 0 radical (unpaired) electrons. The van der Waals surface area contributed by atoms with Crippen LogP contribution in [0.2, 0.25) is 0 Å². The number of aromatic amines is 1. The maximum Gasteiger partial charge on any atom is 0.251 e. The lowest BCUT2D eigenvalue weighted by molar-refractivity contribution is 0.516. The molecule has 2 unspecified atom stereocenters. The topological polar surface area (TPSA) is 45.8 Å². The summed E-state index contributed by atoms with van der Waals surface area (Å²) in [5, 5.41) is 0. The van der Waals surface area contributed by atoms with Crippen molar-refractivity contribution in [3.63, 3.8) is 0 Å². The normalized spacial score (nSPS) is 24.9. The van der Waals surface area contributed by atoms with E-state index in [1.807, 2.05) is 6.92 Å². The fourth-order valence-corrected chi connectivity index (χ4v) is 2.60. The van der Waals surface area contributed by atoms with E-state index in [1.54, 1.807) is 6.07 Å². The predicted octanol–water partition coefficient (Wildman–Crippen LogP) is 2.63. The molecule has 16 heavy (non-hydrogen) atoms. The van der Waals surface area contributed by atoms with Gasteiger partial charge in [0.25, 0.3) is 5.56 Å². The third kappa shape index (κ3) is 2.34. The van der Waals surface area contributed by atoms with Crippen LogP contribution in [-0.4, -0.2) is 9.97 Å². The smallest absolute Gasteiger partial charge is 0.251 e. The molecule has 0 aromatic carbocycles. The second-order valence-corrected chi connectivity index (χ2v) is 4.76. The Bertz CT molecular complexity index is 411. The van der Waals surface area contributed by atoms with Gasteiger partial charge in [0.05, 0.1) is 0 Å². The minimum absolute atomic E-state index is 0.00167. The van der Waals surface area contributed by atoms with Gasteiger partial charge in [-0.1, -0.05) is 20.3 Å². The van der Waals surface area contributed by atoms with Crippen LogP contribution >= 0.6 is 0 Å². The Morgan fingerprint density at radius 2 is 2.25 bits per heavy atom. The summed E-state index contributed by atoms with van der Waals surface area (Å²) in [6, 6.07) is 1.61. The minimum Gasteiger partial charge on any atom is -0.310 e. The Hall–Kier alpha value is -1.12. The first-order chi connectivity index (χ1) is 7.72. The third-order valence-corrected chi connectivity index (χ3v) is 3.68. The summed E-state index contributed by atoms with van der Waals surface area (Å²) in [5.41, 5.74) is 0.917. The van der Waals surface area contributed by atoms with E-state index in [-0.39, 0.29) is 5.56 Å².